The second-order valence-corrected chi connectivity index (χ2v) is 15.0. The van der Waals surface area contributed by atoms with Crippen molar-refractivity contribution >= 4 is 40.7 Å². The third kappa shape index (κ3) is 4.86. The summed E-state index contributed by atoms with van der Waals surface area (Å²) in [6, 6.07) is 12.3. The number of carbonyl (C=O) groups is 2. The van der Waals surface area contributed by atoms with Crippen molar-refractivity contribution in [1.29, 1.82) is 0 Å². The Hall–Kier alpha value is -2.16. The van der Waals surface area contributed by atoms with E-state index in [2.05, 4.69) is 29.8 Å². The Bertz CT molecular complexity index is 1390. The molecule has 3 aliphatic heterocycles. The van der Waals surface area contributed by atoms with E-state index in [-0.39, 0.29) is 29.4 Å². The van der Waals surface area contributed by atoms with Gasteiger partial charge in [0, 0.05) is 27.2 Å². The van der Waals surface area contributed by atoms with Crippen molar-refractivity contribution in [3.63, 3.8) is 0 Å². The maximum absolute atomic E-state index is 14.6. The van der Waals surface area contributed by atoms with Crippen molar-refractivity contribution in [2.24, 2.45) is 5.41 Å². The number of ether oxygens (including phenoxy) is 1. The standard InChI is InChI=1S/C33H41Cl2N3O4/c1-30(2)12-14-32(15-13-30)33(23-10-8-21(35)17-24(23)37-29(33)40)26(19-6-5-7-20(34)16-19)27(38-32)28(39)36-22-9-11-25(42-18-22)31(3,4)41/h5-8,10,16-17,22,25-27,38,41H,9,11-15,18H2,1-4H3,(H,36,39)(H,37,40)/t22-,25+,26+,27-,33-/m1/s1. The van der Waals surface area contributed by atoms with Crippen LogP contribution in [-0.2, 0) is 19.7 Å². The first-order chi connectivity index (χ1) is 19.8. The summed E-state index contributed by atoms with van der Waals surface area (Å²) in [4.78, 5) is 28.9. The molecule has 226 valence electrons. The third-order valence-corrected chi connectivity index (χ3v) is 10.8. The highest BCUT2D eigenvalue weighted by molar-refractivity contribution is 6.31. The summed E-state index contributed by atoms with van der Waals surface area (Å²) in [5.74, 6) is -0.790. The Balaban J connectivity index is 1.44. The number of hydrogen-bond acceptors (Lipinski definition) is 5. The molecule has 6 rings (SSSR count). The number of nitrogens with one attached hydrogen (secondary N) is 3. The van der Waals surface area contributed by atoms with Crippen LogP contribution in [0.2, 0.25) is 10.0 Å². The number of anilines is 1. The fourth-order valence-corrected chi connectivity index (χ4v) is 8.47. The molecule has 3 fully saturated rings. The SMILES string of the molecule is CC1(C)CCC2(CC1)N[C@@H](C(=O)N[C@@H]1CC[C@@H](C(C)(C)O)OC1)[C@H](c1cccc(Cl)c1)[C@]21C(=O)Nc2cc(Cl)ccc21. The van der Waals surface area contributed by atoms with Crippen LogP contribution in [-0.4, -0.2) is 52.9 Å². The molecule has 2 aromatic rings. The summed E-state index contributed by atoms with van der Waals surface area (Å²) in [6.45, 7) is 8.35. The summed E-state index contributed by atoms with van der Waals surface area (Å²) in [5.41, 5.74) is -0.102. The molecule has 4 aliphatic rings. The quantitative estimate of drug-likeness (QED) is 0.354. The number of amides is 2. The van der Waals surface area contributed by atoms with Crippen LogP contribution in [0.5, 0.6) is 0 Å². The molecule has 1 saturated carbocycles. The molecule has 5 atom stereocenters. The van der Waals surface area contributed by atoms with Gasteiger partial charge in [-0.05, 0) is 93.2 Å². The molecule has 0 radical (unpaired) electrons. The van der Waals surface area contributed by atoms with Gasteiger partial charge in [0.25, 0.3) is 0 Å². The Morgan fingerprint density at radius 1 is 1.05 bits per heavy atom. The minimum absolute atomic E-state index is 0.110. The first-order valence-corrected chi connectivity index (χ1v) is 15.8. The van der Waals surface area contributed by atoms with E-state index in [9.17, 15) is 14.7 Å². The van der Waals surface area contributed by atoms with Crippen LogP contribution >= 0.6 is 23.2 Å². The minimum Gasteiger partial charge on any atom is -0.388 e. The van der Waals surface area contributed by atoms with Crippen LogP contribution in [0.15, 0.2) is 42.5 Å². The number of carbonyl (C=O) groups excluding carboxylic acids is 2. The number of halogens is 2. The van der Waals surface area contributed by atoms with E-state index in [4.69, 9.17) is 27.9 Å². The van der Waals surface area contributed by atoms with Crippen molar-refractivity contribution in [2.45, 2.75) is 107 Å². The smallest absolute Gasteiger partial charge is 0.238 e. The van der Waals surface area contributed by atoms with Gasteiger partial charge in [0.05, 0.1) is 30.4 Å². The summed E-state index contributed by atoms with van der Waals surface area (Å²) in [7, 11) is 0. The van der Waals surface area contributed by atoms with Crippen LogP contribution in [0.3, 0.4) is 0 Å². The van der Waals surface area contributed by atoms with E-state index < -0.39 is 28.5 Å². The molecule has 7 nitrogen and oxygen atoms in total. The van der Waals surface area contributed by atoms with Crippen molar-refractivity contribution in [1.82, 2.24) is 10.6 Å². The maximum Gasteiger partial charge on any atom is 0.238 e. The highest BCUT2D eigenvalue weighted by Crippen LogP contribution is 2.63. The summed E-state index contributed by atoms with van der Waals surface area (Å²) in [6.07, 6.45) is 4.39. The van der Waals surface area contributed by atoms with Gasteiger partial charge in [0.15, 0.2) is 0 Å². The molecule has 4 N–H and O–H groups in total. The van der Waals surface area contributed by atoms with E-state index >= 15 is 0 Å². The maximum atomic E-state index is 14.6. The van der Waals surface area contributed by atoms with Gasteiger partial charge < -0.3 is 20.5 Å². The molecule has 0 aromatic heterocycles. The van der Waals surface area contributed by atoms with Gasteiger partial charge in [-0.1, -0.05) is 55.2 Å². The highest BCUT2D eigenvalue weighted by atomic mass is 35.5. The monoisotopic (exact) mass is 613 g/mol. The first-order valence-electron chi connectivity index (χ1n) is 15.0. The van der Waals surface area contributed by atoms with Gasteiger partial charge in [0.2, 0.25) is 11.8 Å². The fourth-order valence-electron chi connectivity index (χ4n) is 8.10. The van der Waals surface area contributed by atoms with Gasteiger partial charge in [0.1, 0.15) is 5.41 Å². The topological polar surface area (TPSA) is 99.7 Å². The molecule has 3 heterocycles. The fraction of sp³-hybridized carbons (Fsp3) is 0.576. The van der Waals surface area contributed by atoms with E-state index in [1.54, 1.807) is 13.8 Å². The second-order valence-electron chi connectivity index (χ2n) is 14.1. The van der Waals surface area contributed by atoms with E-state index in [0.717, 1.165) is 36.8 Å². The van der Waals surface area contributed by atoms with Crippen LogP contribution in [0, 0.1) is 5.41 Å². The van der Waals surface area contributed by atoms with Crippen LogP contribution < -0.4 is 16.0 Å². The molecule has 0 unspecified atom stereocenters. The molecule has 2 saturated heterocycles. The van der Waals surface area contributed by atoms with Gasteiger partial charge in [-0.3, -0.25) is 14.9 Å². The minimum atomic E-state index is -1.05. The van der Waals surface area contributed by atoms with E-state index in [1.807, 2.05) is 42.5 Å². The van der Waals surface area contributed by atoms with Gasteiger partial charge in [-0.2, -0.15) is 0 Å². The number of benzene rings is 2. The second kappa shape index (κ2) is 10.5. The van der Waals surface area contributed by atoms with Gasteiger partial charge in [-0.25, -0.2) is 0 Å². The highest BCUT2D eigenvalue weighted by Gasteiger charge is 2.72. The van der Waals surface area contributed by atoms with Crippen molar-refractivity contribution in [3.05, 3.63) is 63.6 Å². The van der Waals surface area contributed by atoms with Crippen LogP contribution in [0.4, 0.5) is 5.69 Å². The summed E-state index contributed by atoms with van der Waals surface area (Å²) < 4.78 is 5.97. The first kappa shape index (κ1) is 29.9. The lowest BCUT2D eigenvalue weighted by atomic mass is 9.53. The molecule has 0 bridgehead atoms. The lowest BCUT2D eigenvalue weighted by molar-refractivity contribution is -0.131. The van der Waals surface area contributed by atoms with Crippen molar-refractivity contribution in [3.8, 4) is 0 Å². The molecule has 42 heavy (non-hydrogen) atoms. The van der Waals surface area contributed by atoms with Crippen molar-refractivity contribution < 1.29 is 19.4 Å². The number of hydrogen-bond donors (Lipinski definition) is 4. The van der Waals surface area contributed by atoms with E-state index in [0.29, 0.717) is 35.2 Å². The Kier molecular flexibility index (Phi) is 7.46. The number of fused-ring (bicyclic) bond motifs is 3. The number of rotatable bonds is 4. The largest absolute Gasteiger partial charge is 0.388 e. The van der Waals surface area contributed by atoms with E-state index in [1.165, 1.54) is 0 Å². The average Bonchev–Trinajstić information content (AvgIpc) is 3.38. The third-order valence-electron chi connectivity index (χ3n) is 10.4. The molecule has 2 spiro atoms. The zero-order chi connectivity index (χ0) is 30.1. The van der Waals surface area contributed by atoms with Crippen LogP contribution in [0.25, 0.3) is 0 Å². The molecule has 1 aliphatic carbocycles. The molecule has 2 aromatic carbocycles. The molecule has 2 amide bonds. The zero-order valence-corrected chi connectivity index (χ0v) is 26.2. The molecule has 9 heteroatoms. The van der Waals surface area contributed by atoms with Gasteiger partial charge >= 0.3 is 0 Å². The average molecular weight is 615 g/mol. The van der Waals surface area contributed by atoms with Crippen molar-refractivity contribution in [2.75, 3.05) is 11.9 Å². The van der Waals surface area contributed by atoms with Gasteiger partial charge in [-0.15, -0.1) is 0 Å². The normalized spacial score (nSPS) is 31.6. The zero-order valence-electron chi connectivity index (χ0n) is 24.7. The summed E-state index contributed by atoms with van der Waals surface area (Å²) >= 11 is 13.0. The lowest BCUT2D eigenvalue weighted by Crippen LogP contribution is -2.61. The molecular formula is C33H41Cl2N3O4. The lowest BCUT2D eigenvalue weighted by Gasteiger charge is -2.50. The Labute approximate surface area is 258 Å². The summed E-state index contributed by atoms with van der Waals surface area (Å²) in [5, 5.41) is 21.7. The van der Waals surface area contributed by atoms with Crippen LogP contribution in [0.1, 0.15) is 83.3 Å². The molecular weight excluding hydrogens is 573 g/mol. The Morgan fingerprint density at radius 2 is 1.76 bits per heavy atom. The predicted octanol–water partition coefficient (Wildman–Crippen LogP) is 5.71. The number of aliphatic hydroxyl groups is 1. The Morgan fingerprint density at radius 3 is 2.40 bits per heavy atom. The predicted molar refractivity (Wildman–Crippen MR) is 165 cm³/mol.